The van der Waals surface area contributed by atoms with Gasteiger partial charge in [-0.3, -0.25) is 0 Å². The first-order valence-corrected chi connectivity index (χ1v) is 13.1. The molecule has 5 rings (SSSR count). The van der Waals surface area contributed by atoms with Crippen LogP contribution in [0.5, 0.6) is 0 Å². The number of hydrogen-bond donors (Lipinski definition) is 2. The van der Waals surface area contributed by atoms with Crippen LogP contribution in [0.15, 0.2) is 83.3 Å². The Morgan fingerprint density at radius 1 is 0.844 bits per heavy atom. The summed E-state index contributed by atoms with van der Waals surface area (Å²) in [6, 6.07) is 24.3. The van der Waals surface area contributed by atoms with Gasteiger partial charge in [-0.2, -0.15) is 0 Å². The fraction of sp³-hybridized carbons (Fsp3) is 0.259. The van der Waals surface area contributed by atoms with Crippen molar-refractivity contribution in [2.75, 3.05) is 0 Å². The summed E-state index contributed by atoms with van der Waals surface area (Å²) in [5.41, 5.74) is 8.21. The molecule has 2 N–H and O–H groups in total. The van der Waals surface area contributed by atoms with Crippen LogP contribution in [-0.4, -0.2) is 10.3 Å². The van der Waals surface area contributed by atoms with E-state index < -0.39 is 9.92 Å². The minimum atomic E-state index is -3.09. The molecule has 0 amide bonds. The first-order chi connectivity index (χ1) is 15.5. The molecule has 0 radical (unpaired) electrons. The van der Waals surface area contributed by atoms with E-state index in [0.717, 1.165) is 38.5 Å². The minimum Gasteiger partial charge on any atom is -0.236 e. The third kappa shape index (κ3) is 4.27. The van der Waals surface area contributed by atoms with Crippen LogP contribution in [0.1, 0.15) is 47.9 Å². The average molecular weight is 463 g/mol. The Morgan fingerprint density at radius 2 is 1.44 bits per heavy atom. The molecule has 32 heavy (non-hydrogen) atoms. The van der Waals surface area contributed by atoms with Crippen LogP contribution >= 0.6 is 11.6 Å². The molecular weight excluding hydrogens is 436 g/mol. The van der Waals surface area contributed by atoms with Crippen molar-refractivity contribution in [3.8, 4) is 0 Å². The number of benzene rings is 3. The topological polar surface area (TPSA) is 53.0 Å². The Kier molecular flexibility index (Phi) is 5.93. The third-order valence-electron chi connectivity index (χ3n) is 6.59. The number of fused-ring (bicyclic) bond motifs is 2. The number of halogens is 1. The lowest BCUT2D eigenvalue weighted by Gasteiger charge is -2.29. The van der Waals surface area contributed by atoms with E-state index in [9.17, 15) is 4.21 Å². The van der Waals surface area contributed by atoms with Gasteiger partial charge in [0.05, 0.1) is 4.90 Å². The summed E-state index contributed by atoms with van der Waals surface area (Å²) in [5, 5.41) is 0.583. The summed E-state index contributed by atoms with van der Waals surface area (Å²) >= 11 is 5.97. The maximum atomic E-state index is 13.2. The molecule has 0 saturated heterocycles. The van der Waals surface area contributed by atoms with E-state index in [4.69, 9.17) is 16.4 Å². The molecule has 3 aromatic rings. The summed E-state index contributed by atoms with van der Waals surface area (Å²) in [6.07, 6.45) is 5.88. The van der Waals surface area contributed by atoms with Gasteiger partial charge in [0.1, 0.15) is 9.92 Å². The molecule has 164 valence electrons. The van der Waals surface area contributed by atoms with Crippen LogP contribution in [-0.2, 0) is 22.8 Å². The van der Waals surface area contributed by atoms with Gasteiger partial charge in [-0.25, -0.2) is 13.7 Å². The highest BCUT2D eigenvalue weighted by atomic mass is 35.5. The van der Waals surface area contributed by atoms with Gasteiger partial charge in [0.15, 0.2) is 0 Å². The monoisotopic (exact) mass is 462 g/mol. The SMILES string of the molecule is N=S(=O)(NC1CCCC(=C2c3ccccc3CCc3ccccc32)C1)c1ccc(Cl)cc1. The normalized spacial score (nSPS) is 20.1. The van der Waals surface area contributed by atoms with E-state index in [-0.39, 0.29) is 6.04 Å². The maximum absolute atomic E-state index is 13.2. The van der Waals surface area contributed by atoms with Crippen LogP contribution in [0.3, 0.4) is 0 Å². The van der Waals surface area contributed by atoms with E-state index in [2.05, 4.69) is 53.3 Å². The van der Waals surface area contributed by atoms with Crippen molar-refractivity contribution in [3.63, 3.8) is 0 Å². The summed E-state index contributed by atoms with van der Waals surface area (Å²) in [4.78, 5) is 0.479. The van der Waals surface area contributed by atoms with Gasteiger partial charge < -0.3 is 0 Å². The molecule has 2 atom stereocenters. The van der Waals surface area contributed by atoms with Crippen LogP contribution in [0.4, 0.5) is 0 Å². The van der Waals surface area contributed by atoms with Crippen LogP contribution < -0.4 is 4.72 Å². The first-order valence-electron chi connectivity index (χ1n) is 11.2. The van der Waals surface area contributed by atoms with Gasteiger partial charge in [-0.05, 0) is 90.6 Å². The zero-order chi connectivity index (χ0) is 22.1. The second-order valence-electron chi connectivity index (χ2n) is 8.71. The molecule has 0 bridgehead atoms. The van der Waals surface area contributed by atoms with Gasteiger partial charge in [0.25, 0.3) is 0 Å². The molecule has 1 fully saturated rings. The van der Waals surface area contributed by atoms with Gasteiger partial charge in [-0.15, -0.1) is 0 Å². The van der Waals surface area contributed by atoms with Gasteiger partial charge in [-0.1, -0.05) is 65.7 Å². The lowest BCUT2D eigenvalue weighted by molar-refractivity contribution is 0.485. The van der Waals surface area contributed by atoms with E-state index in [0.29, 0.717) is 9.92 Å². The van der Waals surface area contributed by atoms with Gasteiger partial charge >= 0.3 is 0 Å². The molecule has 3 nitrogen and oxygen atoms in total. The van der Waals surface area contributed by atoms with Gasteiger partial charge in [0, 0.05) is 11.1 Å². The molecule has 5 heteroatoms. The number of nitrogens with one attached hydrogen (secondary N) is 2. The largest absolute Gasteiger partial charge is 0.236 e. The highest BCUT2D eigenvalue weighted by Gasteiger charge is 2.27. The van der Waals surface area contributed by atoms with Crippen LogP contribution in [0.2, 0.25) is 5.02 Å². The van der Waals surface area contributed by atoms with Crippen molar-refractivity contribution in [3.05, 3.63) is 106 Å². The zero-order valence-corrected chi connectivity index (χ0v) is 19.5. The average Bonchev–Trinajstić information content (AvgIpc) is 2.96. The Morgan fingerprint density at radius 3 is 2.06 bits per heavy atom. The Hall–Kier alpha value is -2.40. The molecule has 0 aliphatic heterocycles. The Balaban J connectivity index is 1.52. The third-order valence-corrected chi connectivity index (χ3v) is 8.45. The minimum absolute atomic E-state index is 0.00880. The maximum Gasteiger partial charge on any atom is 0.134 e. The van der Waals surface area contributed by atoms with Gasteiger partial charge in [0.2, 0.25) is 0 Å². The molecule has 2 unspecified atom stereocenters. The molecule has 0 aromatic heterocycles. The Labute approximate surface area is 195 Å². The van der Waals surface area contributed by atoms with Crippen molar-refractivity contribution >= 4 is 27.1 Å². The predicted molar refractivity (Wildman–Crippen MR) is 132 cm³/mol. The molecule has 2 aliphatic carbocycles. The fourth-order valence-corrected chi connectivity index (χ4v) is 6.53. The lowest BCUT2D eigenvalue weighted by atomic mass is 9.82. The lowest BCUT2D eigenvalue weighted by Crippen LogP contribution is -2.36. The molecule has 1 saturated carbocycles. The number of aryl methyl sites for hydroxylation is 2. The van der Waals surface area contributed by atoms with Crippen molar-refractivity contribution in [2.24, 2.45) is 0 Å². The standard InChI is InChI=1S/C27H27ClN2OS/c28-22-14-16-24(17-15-22)32(29,31)30-23-9-5-8-21(18-23)27-25-10-3-1-6-19(25)12-13-20-7-2-4-11-26(20)27/h1-4,6-7,10-11,14-17,23H,5,8-9,12-13,18H2,(H2,29,30,31). The second-order valence-corrected chi connectivity index (χ2v) is 11.0. The zero-order valence-electron chi connectivity index (χ0n) is 17.9. The van der Waals surface area contributed by atoms with E-state index in [1.807, 2.05) is 0 Å². The van der Waals surface area contributed by atoms with E-state index in [1.54, 1.807) is 24.3 Å². The highest BCUT2D eigenvalue weighted by molar-refractivity contribution is 7.90. The van der Waals surface area contributed by atoms with Crippen molar-refractivity contribution in [1.29, 1.82) is 4.78 Å². The molecule has 0 heterocycles. The molecular formula is C27H27ClN2OS. The first kappa shape index (κ1) is 21.4. The van der Waals surface area contributed by atoms with Crippen LogP contribution in [0.25, 0.3) is 5.57 Å². The summed E-state index contributed by atoms with van der Waals surface area (Å²) < 4.78 is 24.9. The molecule has 2 aliphatic rings. The number of rotatable bonds is 3. The van der Waals surface area contributed by atoms with Crippen molar-refractivity contribution < 1.29 is 4.21 Å². The summed E-state index contributed by atoms with van der Waals surface area (Å²) in [7, 11) is -3.09. The Bertz CT molecular complexity index is 1230. The second kappa shape index (κ2) is 8.86. The quantitative estimate of drug-likeness (QED) is 0.442. The highest BCUT2D eigenvalue weighted by Crippen LogP contribution is 2.40. The smallest absolute Gasteiger partial charge is 0.134 e. The van der Waals surface area contributed by atoms with E-state index in [1.165, 1.54) is 33.4 Å². The molecule has 0 spiro atoms. The van der Waals surface area contributed by atoms with Crippen molar-refractivity contribution in [2.45, 2.75) is 49.5 Å². The molecule has 3 aromatic carbocycles. The summed E-state index contributed by atoms with van der Waals surface area (Å²) in [6.45, 7) is 0. The van der Waals surface area contributed by atoms with Crippen molar-refractivity contribution in [1.82, 2.24) is 4.72 Å². The number of hydrogen-bond acceptors (Lipinski definition) is 2. The van der Waals surface area contributed by atoms with Crippen LogP contribution in [0, 0.1) is 4.78 Å². The fourth-order valence-electron chi connectivity index (χ4n) is 5.08. The predicted octanol–water partition coefficient (Wildman–Crippen LogP) is 6.79. The summed E-state index contributed by atoms with van der Waals surface area (Å²) in [5.74, 6) is 0. The van der Waals surface area contributed by atoms with E-state index >= 15 is 0 Å².